The van der Waals surface area contributed by atoms with Crippen LogP contribution in [0.2, 0.25) is 0 Å². The van der Waals surface area contributed by atoms with Crippen molar-refractivity contribution in [3.05, 3.63) is 89.5 Å². The molecule has 0 spiro atoms. The van der Waals surface area contributed by atoms with Crippen LogP contribution in [0, 0.1) is 34.5 Å². The van der Waals surface area contributed by atoms with Crippen molar-refractivity contribution in [2.45, 2.75) is 64.6 Å². The van der Waals surface area contributed by atoms with Crippen LogP contribution < -0.4 is 4.74 Å². The number of carbonyl (C=O) groups excluding carboxylic acids is 2. The number of aliphatic hydroxyl groups is 2. The maximum atomic E-state index is 13.7. The van der Waals surface area contributed by atoms with Gasteiger partial charge in [-0.25, -0.2) is 0 Å². The fraction of sp³-hybridized carbons (Fsp3) is 0.486. The zero-order valence-corrected chi connectivity index (χ0v) is 23.7. The Bertz CT molecular complexity index is 1360. The molecule has 6 unspecified atom stereocenters. The second-order valence-electron chi connectivity index (χ2n) is 13.2. The van der Waals surface area contributed by atoms with E-state index in [0.29, 0.717) is 18.6 Å². The number of fused-ring (bicyclic) bond motifs is 5. The highest BCUT2D eigenvalue weighted by atomic mass is 16.5. The lowest BCUT2D eigenvalue weighted by atomic mass is 9.45. The highest BCUT2D eigenvalue weighted by Crippen LogP contribution is 2.67. The van der Waals surface area contributed by atoms with E-state index in [0.717, 1.165) is 30.4 Å². The minimum atomic E-state index is -1.55. The van der Waals surface area contributed by atoms with Gasteiger partial charge in [0.25, 0.3) is 0 Å². The first-order chi connectivity index (χ1) is 19.0. The Morgan fingerprint density at radius 1 is 1.05 bits per heavy atom. The molecule has 6 rings (SSSR count). The highest BCUT2D eigenvalue weighted by Gasteiger charge is 2.68. The zero-order valence-electron chi connectivity index (χ0n) is 23.7. The van der Waals surface area contributed by atoms with Crippen LogP contribution in [0.25, 0.3) is 0 Å². The van der Waals surface area contributed by atoms with Gasteiger partial charge in [-0.15, -0.1) is 0 Å². The van der Waals surface area contributed by atoms with E-state index in [1.165, 1.54) is 5.56 Å². The Morgan fingerprint density at radius 3 is 2.48 bits per heavy atom. The fourth-order valence-electron chi connectivity index (χ4n) is 9.02. The standard InChI is InChI=1S/C35H40O5/c1-22-17-27-28-14-16-35(39,34(28,3)20-30(37)32(27)33(2)15-13-25(36)19-29(22)33)31(38)21-40-26-11-9-24(10-12-26)18-23-7-5-4-6-8-23/h4-13,15,19,22,27-28,30,32,37,39H,14,16-18,20-21H2,1-3H3/t22-,27?,28?,30?,32?,33?,34?,35-/m0/s1. The number of Topliss-reactive ketones (excluding diaryl/α,β-unsaturated/α-hetero) is 1. The van der Waals surface area contributed by atoms with Crippen molar-refractivity contribution >= 4 is 11.6 Å². The number of aliphatic hydroxyl groups excluding tert-OH is 1. The Morgan fingerprint density at radius 2 is 1.75 bits per heavy atom. The minimum absolute atomic E-state index is 0.0135. The Hall–Kier alpha value is -3.02. The summed E-state index contributed by atoms with van der Waals surface area (Å²) in [6.07, 6.45) is 7.87. The molecule has 0 aliphatic heterocycles. The maximum absolute atomic E-state index is 13.7. The highest BCUT2D eigenvalue weighted by molar-refractivity contribution is 6.01. The molecule has 2 N–H and O–H groups in total. The van der Waals surface area contributed by atoms with Crippen molar-refractivity contribution < 1.29 is 24.5 Å². The lowest BCUT2D eigenvalue weighted by Crippen LogP contribution is -2.62. The number of ether oxygens (including phenoxy) is 1. The third kappa shape index (κ3) is 4.21. The number of ketones is 2. The molecule has 0 amide bonds. The van der Waals surface area contributed by atoms with Gasteiger partial charge in [0.05, 0.1) is 6.10 Å². The summed E-state index contributed by atoms with van der Waals surface area (Å²) in [4.78, 5) is 25.8. The summed E-state index contributed by atoms with van der Waals surface area (Å²) in [6, 6.07) is 18.0. The van der Waals surface area contributed by atoms with Crippen LogP contribution in [-0.4, -0.2) is 40.1 Å². The van der Waals surface area contributed by atoms with Crippen LogP contribution in [-0.2, 0) is 16.0 Å². The van der Waals surface area contributed by atoms with E-state index in [-0.39, 0.29) is 41.8 Å². The van der Waals surface area contributed by atoms with E-state index in [2.05, 4.69) is 26.0 Å². The van der Waals surface area contributed by atoms with Crippen molar-refractivity contribution in [3.8, 4) is 5.75 Å². The van der Waals surface area contributed by atoms with Crippen molar-refractivity contribution in [2.75, 3.05) is 6.61 Å². The van der Waals surface area contributed by atoms with Crippen molar-refractivity contribution in [1.29, 1.82) is 0 Å². The lowest BCUT2D eigenvalue weighted by molar-refractivity contribution is -0.179. The number of rotatable bonds is 6. The van der Waals surface area contributed by atoms with Crippen LogP contribution >= 0.6 is 0 Å². The topological polar surface area (TPSA) is 83.8 Å². The predicted octanol–water partition coefficient (Wildman–Crippen LogP) is 5.48. The molecule has 4 aliphatic rings. The lowest BCUT2D eigenvalue weighted by Gasteiger charge is -2.60. The van der Waals surface area contributed by atoms with E-state index in [1.54, 1.807) is 12.2 Å². The summed E-state index contributed by atoms with van der Waals surface area (Å²) >= 11 is 0. The van der Waals surface area contributed by atoms with E-state index >= 15 is 0 Å². The van der Waals surface area contributed by atoms with Gasteiger partial charge >= 0.3 is 0 Å². The van der Waals surface area contributed by atoms with E-state index < -0.39 is 22.5 Å². The SMILES string of the molecule is C[C@H]1CC2C(C(O)CC3(C)C2CC[C@]3(O)C(=O)COc2ccc(Cc3ccccc3)cc2)C2(C)C=CC(=O)C=C12. The summed E-state index contributed by atoms with van der Waals surface area (Å²) in [5.74, 6) is 0.731. The molecule has 40 heavy (non-hydrogen) atoms. The van der Waals surface area contributed by atoms with Gasteiger partial charge < -0.3 is 14.9 Å². The monoisotopic (exact) mass is 540 g/mol. The van der Waals surface area contributed by atoms with Gasteiger partial charge in [0.2, 0.25) is 5.78 Å². The van der Waals surface area contributed by atoms with Crippen LogP contribution in [0.4, 0.5) is 0 Å². The van der Waals surface area contributed by atoms with Crippen molar-refractivity contribution in [2.24, 2.45) is 34.5 Å². The zero-order chi connectivity index (χ0) is 28.3. The first-order valence-corrected chi connectivity index (χ1v) is 14.7. The van der Waals surface area contributed by atoms with Gasteiger partial charge in [0, 0.05) is 16.7 Å². The van der Waals surface area contributed by atoms with Crippen molar-refractivity contribution in [1.82, 2.24) is 0 Å². The molecule has 4 aliphatic carbocycles. The largest absolute Gasteiger partial charge is 0.486 e. The summed E-state index contributed by atoms with van der Waals surface area (Å²) in [5.41, 5.74) is 0.824. The van der Waals surface area contributed by atoms with Gasteiger partial charge in [0.15, 0.2) is 5.78 Å². The molecule has 3 saturated carbocycles. The molecule has 0 saturated heterocycles. The number of benzene rings is 2. The van der Waals surface area contributed by atoms with Gasteiger partial charge in [-0.2, -0.15) is 0 Å². The molecule has 5 nitrogen and oxygen atoms in total. The molecule has 0 radical (unpaired) electrons. The van der Waals surface area contributed by atoms with Gasteiger partial charge in [-0.3, -0.25) is 9.59 Å². The molecular weight excluding hydrogens is 500 g/mol. The molecule has 2 aromatic rings. The smallest absolute Gasteiger partial charge is 0.202 e. The summed E-state index contributed by atoms with van der Waals surface area (Å²) in [5, 5.41) is 23.6. The fourth-order valence-corrected chi connectivity index (χ4v) is 9.02. The third-order valence-electron chi connectivity index (χ3n) is 11.0. The summed E-state index contributed by atoms with van der Waals surface area (Å²) in [6.45, 7) is 6.11. The molecule has 0 heterocycles. The molecular formula is C35H40O5. The quantitative estimate of drug-likeness (QED) is 0.507. The Labute approximate surface area is 237 Å². The number of allylic oxidation sites excluding steroid dienone is 4. The van der Waals surface area contributed by atoms with Crippen LogP contribution in [0.3, 0.4) is 0 Å². The van der Waals surface area contributed by atoms with Gasteiger partial charge in [0.1, 0.15) is 18.0 Å². The van der Waals surface area contributed by atoms with E-state index in [4.69, 9.17) is 4.74 Å². The molecule has 3 fully saturated rings. The van der Waals surface area contributed by atoms with Crippen LogP contribution in [0.1, 0.15) is 57.6 Å². The summed E-state index contributed by atoms with van der Waals surface area (Å²) in [7, 11) is 0. The normalized spacial score (nSPS) is 38.2. The minimum Gasteiger partial charge on any atom is -0.486 e. The second-order valence-corrected chi connectivity index (χ2v) is 13.2. The molecule has 8 atom stereocenters. The summed E-state index contributed by atoms with van der Waals surface area (Å²) < 4.78 is 5.90. The van der Waals surface area contributed by atoms with Crippen LogP contribution in [0.15, 0.2) is 78.4 Å². The first kappa shape index (κ1) is 27.2. The Kier molecular flexibility index (Phi) is 6.66. The molecule has 2 aromatic carbocycles. The Balaban J connectivity index is 1.17. The predicted molar refractivity (Wildman–Crippen MR) is 154 cm³/mol. The molecule has 5 heteroatoms. The average Bonchev–Trinajstić information content (AvgIpc) is 3.20. The van der Waals surface area contributed by atoms with E-state index in [1.807, 2.05) is 55.5 Å². The third-order valence-corrected chi connectivity index (χ3v) is 11.0. The average molecular weight is 541 g/mol. The van der Waals surface area contributed by atoms with Crippen LogP contribution in [0.5, 0.6) is 5.75 Å². The molecule has 0 aromatic heterocycles. The van der Waals surface area contributed by atoms with Crippen molar-refractivity contribution in [3.63, 3.8) is 0 Å². The van der Waals surface area contributed by atoms with Gasteiger partial charge in [-0.1, -0.05) is 74.9 Å². The van der Waals surface area contributed by atoms with Gasteiger partial charge in [-0.05, 0) is 85.3 Å². The molecule has 0 bridgehead atoms. The maximum Gasteiger partial charge on any atom is 0.202 e. The molecule has 210 valence electrons. The first-order valence-electron chi connectivity index (χ1n) is 14.7. The number of hydrogen-bond acceptors (Lipinski definition) is 5. The van der Waals surface area contributed by atoms with E-state index in [9.17, 15) is 19.8 Å². The second kappa shape index (κ2) is 9.81. The number of carbonyl (C=O) groups is 2. The number of hydrogen-bond donors (Lipinski definition) is 2.